The molecule has 2 rings (SSSR count). The quantitative estimate of drug-likeness (QED) is 0.532. The lowest BCUT2D eigenvalue weighted by molar-refractivity contribution is -0.146. The number of rotatable bonds is 9. The first-order valence-corrected chi connectivity index (χ1v) is 8.98. The minimum absolute atomic E-state index is 0.251. The maximum Gasteiger partial charge on any atom is 0.328 e. The molecule has 0 bridgehead atoms. The lowest BCUT2D eigenvalue weighted by Crippen LogP contribution is -2.42. The van der Waals surface area contributed by atoms with Gasteiger partial charge in [0.1, 0.15) is 6.04 Å². The largest absolute Gasteiger partial charge is 0.493 e. The molecule has 1 amide bonds. The van der Waals surface area contributed by atoms with E-state index in [1.165, 1.54) is 6.08 Å². The Morgan fingerprint density at radius 1 is 1.04 bits per heavy atom. The van der Waals surface area contributed by atoms with Crippen molar-refractivity contribution in [1.82, 2.24) is 5.32 Å². The molecule has 6 heteroatoms. The van der Waals surface area contributed by atoms with Crippen LogP contribution in [0.4, 0.5) is 0 Å². The first kappa shape index (κ1) is 21.0. The molecule has 2 aromatic rings. The average molecular weight is 383 g/mol. The number of hydrogen-bond acceptors (Lipinski definition) is 5. The molecule has 0 aliphatic carbocycles. The summed E-state index contributed by atoms with van der Waals surface area (Å²) >= 11 is 0. The summed E-state index contributed by atoms with van der Waals surface area (Å²) in [4.78, 5) is 24.6. The molecule has 0 aliphatic rings. The van der Waals surface area contributed by atoms with Crippen LogP contribution in [-0.2, 0) is 20.7 Å². The molecule has 148 valence electrons. The topological polar surface area (TPSA) is 73.9 Å². The fraction of sp³-hybridized carbons (Fsp3) is 0.273. The van der Waals surface area contributed by atoms with Crippen molar-refractivity contribution in [2.24, 2.45) is 0 Å². The number of amides is 1. The van der Waals surface area contributed by atoms with Crippen LogP contribution in [0.1, 0.15) is 18.1 Å². The first-order chi connectivity index (χ1) is 13.6. The Morgan fingerprint density at radius 3 is 2.39 bits per heavy atom. The van der Waals surface area contributed by atoms with Crippen molar-refractivity contribution in [3.8, 4) is 11.5 Å². The molecule has 0 aliphatic heterocycles. The molecular weight excluding hydrogens is 358 g/mol. The van der Waals surface area contributed by atoms with E-state index in [-0.39, 0.29) is 12.5 Å². The van der Waals surface area contributed by atoms with Crippen LogP contribution in [0.25, 0.3) is 6.08 Å². The van der Waals surface area contributed by atoms with Crippen LogP contribution in [-0.4, -0.2) is 38.7 Å². The molecule has 2 aromatic carbocycles. The van der Waals surface area contributed by atoms with Crippen LogP contribution in [0, 0.1) is 0 Å². The zero-order chi connectivity index (χ0) is 20.4. The standard InChI is InChI=1S/C22H25NO5/c1-4-28-22(25)18(14-16-8-6-5-7-9-16)23-21(24)13-11-17-10-12-19(26-2)20(15-17)27-3/h5-13,15,18H,4,14H2,1-3H3,(H,23,24)/b13-11+. The third kappa shape index (κ3) is 6.16. The van der Waals surface area contributed by atoms with Gasteiger partial charge in [-0.25, -0.2) is 4.79 Å². The van der Waals surface area contributed by atoms with Gasteiger partial charge in [-0.15, -0.1) is 0 Å². The van der Waals surface area contributed by atoms with Gasteiger partial charge in [0.2, 0.25) is 5.91 Å². The minimum atomic E-state index is -0.759. The Labute approximate surface area is 165 Å². The number of benzene rings is 2. The lowest BCUT2D eigenvalue weighted by atomic mass is 10.1. The highest BCUT2D eigenvalue weighted by molar-refractivity contribution is 5.94. The lowest BCUT2D eigenvalue weighted by Gasteiger charge is -2.16. The van der Waals surface area contributed by atoms with E-state index < -0.39 is 12.0 Å². The van der Waals surface area contributed by atoms with Crippen molar-refractivity contribution in [3.05, 3.63) is 65.7 Å². The molecule has 0 heterocycles. The average Bonchev–Trinajstić information content (AvgIpc) is 2.72. The van der Waals surface area contributed by atoms with Gasteiger partial charge in [-0.2, -0.15) is 0 Å². The summed E-state index contributed by atoms with van der Waals surface area (Å²) in [7, 11) is 3.11. The molecule has 0 fully saturated rings. The van der Waals surface area contributed by atoms with E-state index >= 15 is 0 Å². The van der Waals surface area contributed by atoms with Gasteiger partial charge in [-0.3, -0.25) is 4.79 Å². The molecule has 0 spiro atoms. The number of hydrogen-bond donors (Lipinski definition) is 1. The highest BCUT2D eigenvalue weighted by Gasteiger charge is 2.21. The van der Waals surface area contributed by atoms with E-state index in [9.17, 15) is 9.59 Å². The number of ether oxygens (including phenoxy) is 3. The Balaban J connectivity index is 2.08. The fourth-order valence-electron chi connectivity index (χ4n) is 2.63. The summed E-state index contributed by atoms with van der Waals surface area (Å²) in [6, 6.07) is 14.0. The summed E-state index contributed by atoms with van der Waals surface area (Å²) in [6.07, 6.45) is 3.37. The Hall–Kier alpha value is -3.28. The van der Waals surface area contributed by atoms with Crippen molar-refractivity contribution >= 4 is 18.0 Å². The van der Waals surface area contributed by atoms with Crippen LogP contribution in [0.15, 0.2) is 54.6 Å². The van der Waals surface area contributed by atoms with Crippen molar-refractivity contribution in [2.75, 3.05) is 20.8 Å². The van der Waals surface area contributed by atoms with E-state index in [4.69, 9.17) is 14.2 Å². The van der Waals surface area contributed by atoms with Gasteiger partial charge in [0, 0.05) is 12.5 Å². The van der Waals surface area contributed by atoms with E-state index in [0.717, 1.165) is 11.1 Å². The van der Waals surface area contributed by atoms with Crippen molar-refractivity contribution in [2.45, 2.75) is 19.4 Å². The molecule has 6 nitrogen and oxygen atoms in total. The van der Waals surface area contributed by atoms with Gasteiger partial charge in [-0.05, 0) is 36.3 Å². The van der Waals surface area contributed by atoms with Gasteiger partial charge in [0.25, 0.3) is 0 Å². The van der Waals surface area contributed by atoms with Crippen molar-refractivity contribution in [3.63, 3.8) is 0 Å². The fourth-order valence-corrected chi connectivity index (χ4v) is 2.63. The highest BCUT2D eigenvalue weighted by Crippen LogP contribution is 2.27. The molecule has 1 unspecified atom stereocenters. The van der Waals surface area contributed by atoms with Gasteiger partial charge in [0.15, 0.2) is 11.5 Å². The molecule has 0 radical (unpaired) electrons. The SMILES string of the molecule is CCOC(=O)C(Cc1ccccc1)NC(=O)/C=C/c1ccc(OC)c(OC)c1. The van der Waals surface area contributed by atoms with Crippen molar-refractivity contribution < 1.29 is 23.8 Å². The monoisotopic (exact) mass is 383 g/mol. The van der Waals surface area contributed by atoms with Crippen LogP contribution in [0.2, 0.25) is 0 Å². The van der Waals surface area contributed by atoms with E-state index in [2.05, 4.69) is 5.32 Å². The van der Waals surface area contributed by atoms with Gasteiger partial charge in [-0.1, -0.05) is 36.4 Å². The van der Waals surface area contributed by atoms with Crippen LogP contribution in [0.3, 0.4) is 0 Å². The predicted octanol–water partition coefficient (Wildman–Crippen LogP) is 3.01. The summed E-state index contributed by atoms with van der Waals surface area (Å²) in [5, 5.41) is 2.72. The third-order valence-corrected chi connectivity index (χ3v) is 4.01. The predicted molar refractivity (Wildman–Crippen MR) is 107 cm³/mol. The molecule has 0 saturated heterocycles. The molecule has 0 aromatic heterocycles. The minimum Gasteiger partial charge on any atom is -0.493 e. The molecule has 28 heavy (non-hydrogen) atoms. The number of methoxy groups -OCH3 is 2. The number of carbonyl (C=O) groups is 2. The second-order valence-corrected chi connectivity index (χ2v) is 5.95. The smallest absolute Gasteiger partial charge is 0.328 e. The zero-order valence-electron chi connectivity index (χ0n) is 16.3. The Bertz CT molecular complexity index is 817. The van der Waals surface area contributed by atoms with E-state index in [1.807, 2.05) is 30.3 Å². The summed E-state index contributed by atoms with van der Waals surface area (Å²) in [6.45, 7) is 1.98. The summed E-state index contributed by atoms with van der Waals surface area (Å²) in [5.74, 6) is 0.330. The van der Waals surface area contributed by atoms with Crippen LogP contribution < -0.4 is 14.8 Å². The normalized spacial score (nSPS) is 11.7. The summed E-state index contributed by atoms with van der Waals surface area (Å²) in [5.41, 5.74) is 1.70. The molecule has 1 N–H and O–H groups in total. The molecular formula is C22H25NO5. The van der Waals surface area contributed by atoms with Gasteiger partial charge >= 0.3 is 5.97 Å². The number of nitrogens with one attached hydrogen (secondary N) is 1. The van der Waals surface area contributed by atoms with E-state index in [1.54, 1.807) is 45.4 Å². The second kappa shape index (κ2) is 10.8. The Morgan fingerprint density at radius 2 is 1.75 bits per heavy atom. The maximum absolute atomic E-state index is 12.3. The van der Waals surface area contributed by atoms with E-state index in [0.29, 0.717) is 17.9 Å². The molecule has 0 saturated carbocycles. The first-order valence-electron chi connectivity index (χ1n) is 8.98. The highest BCUT2D eigenvalue weighted by atomic mass is 16.5. The Kier molecular flexibility index (Phi) is 8.09. The van der Waals surface area contributed by atoms with Gasteiger partial charge < -0.3 is 19.5 Å². The zero-order valence-corrected chi connectivity index (χ0v) is 16.3. The number of carbonyl (C=O) groups excluding carboxylic acids is 2. The third-order valence-electron chi connectivity index (χ3n) is 4.01. The van der Waals surface area contributed by atoms with Crippen LogP contribution in [0.5, 0.6) is 11.5 Å². The number of esters is 1. The van der Waals surface area contributed by atoms with Gasteiger partial charge in [0.05, 0.1) is 20.8 Å². The summed E-state index contributed by atoms with van der Waals surface area (Å²) < 4.78 is 15.5. The van der Waals surface area contributed by atoms with Crippen LogP contribution >= 0.6 is 0 Å². The second-order valence-electron chi connectivity index (χ2n) is 5.95. The van der Waals surface area contributed by atoms with Crippen molar-refractivity contribution in [1.29, 1.82) is 0 Å². The maximum atomic E-state index is 12.3. The molecule has 1 atom stereocenters.